The fourth-order valence-electron chi connectivity index (χ4n) is 2.44. The van der Waals surface area contributed by atoms with Crippen LogP contribution in [0.4, 0.5) is 10.1 Å². The molecule has 1 saturated heterocycles. The van der Waals surface area contributed by atoms with Gasteiger partial charge in [0.1, 0.15) is 5.82 Å². The van der Waals surface area contributed by atoms with Crippen LogP contribution in [0.3, 0.4) is 0 Å². The highest BCUT2D eigenvalue weighted by atomic mass is 19.1. The van der Waals surface area contributed by atoms with Crippen LogP contribution in [0.1, 0.15) is 37.5 Å². The van der Waals surface area contributed by atoms with E-state index in [0.29, 0.717) is 17.0 Å². The van der Waals surface area contributed by atoms with Crippen LogP contribution in [0, 0.1) is 18.7 Å². The molecule has 0 spiro atoms. The van der Waals surface area contributed by atoms with Crippen molar-refractivity contribution in [3.8, 4) is 0 Å². The third-order valence-electron chi connectivity index (χ3n) is 3.52. The molecule has 0 aliphatic carbocycles. The van der Waals surface area contributed by atoms with Crippen LogP contribution in [0.15, 0.2) is 12.1 Å². The van der Waals surface area contributed by atoms with E-state index < -0.39 is 6.10 Å². The number of hydrogen-bond acceptors (Lipinski definition) is 2. The SMILES string of the molecule is Cc1cc(N2CCC(C)C2)c([C@@H](C)O)cc1F. The highest BCUT2D eigenvalue weighted by Gasteiger charge is 2.23. The Bertz CT molecular complexity index is 417. The van der Waals surface area contributed by atoms with Crippen LogP contribution in [0.5, 0.6) is 0 Å². The molecule has 0 radical (unpaired) electrons. The van der Waals surface area contributed by atoms with Crippen molar-refractivity contribution in [1.82, 2.24) is 0 Å². The third-order valence-corrected chi connectivity index (χ3v) is 3.52. The summed E-state index contributed by atoms with van der Waals surface area (Å²) in [5.74, 6) is 0.430. The molecule has 2 rings (SSSR count). The lowest BCUT2D eigenvalue weighted by atomic mass is 10.0. The average molecular weight is 237 g/mol. The summed E-state index contributed by atoms with van der Waals surface area (Å²) in [7, 11) is 0. The Balaban J connectivity index is 2.40. The van der Waals surface area contributed by atoms with Crippen LogP contribution in [0.2, 0.25) is 0 Å². The van der Waals surface area contributed by atoms with Gasteiger partial charge in [0.05, 0.1) is 6.10 Å². The van der Waals surface area contributed by atoms with Crippen molar-refractivity contribution in [2.45, 2.75) is 33.3 Å². The van der Waals surface area contributed by atoms with Gasteiger partial charge in [0.15, 0.2) is 0 Å². The van der Waals surface area contributed by atoms with Gasteiger partial charge in [-0.2, -0.15) is 0 Å². The van der Waals surface area contributed by atoms with Crippen LogP contribution >= 0.6 is 0 Å². The molecule has 0 amide bonds. The zero-order valence-corrected chi connectivity index (χ0v) is 10.7. The van der Waals surface area contributed by atoms with E-state index in [1.165, 1.54) is 6.07 Å². The molecule has 1 N–H and O–H groups in total. The number of aliphatic hydroxyl groups is 1. The first-order valence-corrected chi connectivity index (χ1v) is 6.22. The molecule has 1 heterocycles. The second kappa shape index (κ2) is 4.65. The maximum Gasteiger partial charge on any atom is 0.126 e. The van der Waals surface area contributed by atoms with E-state index in [1.807, 2.05) is 6.07 Å². The van der Waals surface area contributed by atoms with Crippen molar-refractivity contribution < 1.29 is 9.50 Å². The van der Waals surface area contributed by atoms with Crippen LogP contribution in [-0.4, -0.2) is 18.2 Å². The predicted molar refractivity (Wildman–Crippen MR) is 67.8 cm³/mol. The third kappa shape index (κ3) is 2.44. The van der Waals surface area contributed by atoms with E-state index in [2.05, 4.69) is 11.8 Å². The number of aryl methyl sites for hydroxylation is 1. The molecule has 1 aliphatic heterocycles. The Morgan fingerprint density at radius 2 is 2.18 bits per heavy atom. The Labute approximate surface area is 102 Å². The lowest BCUT2D eigenvalue weighted by Crippen LogP contribution is -2.21. The topological polar surface area (TPSA) is 23.5 Å². The summed E-state index contributed by atoms with van der Waals surface area (Å²) < 4.78 is 13.6. The van der Waals surface area contributed by atoms with Gasteiger partial charge >= 0.3 is 0 Å². The number of nitrogens with zero attached hydrogens (tertiary/aromatic N) is 1. The monoisotopic (exact) mass is 237 g/mol. The predicted octanol–water partition coefficient (Wildman–Crippen LogP) is 3.03. The standard InChI is InChI=1S/C14H20FNO/c1-9-4-5-16(8-9)14-6-10(2)13(15)7-12(14)11(3)17/h6-7,9,11,17H,4-5,8H2,1-3H3/t9?,11-/m1/s1. The highest BCUT2D eigenvalue weighted by Crippen LogP contribution is 2.32. The number of halogens is 1. The van der Waals surface area contributed by atoms with Gasteiger partial charge in [0.25, 0.3) is 0 Å². The fourth-order valence-corrected chi connectivity index (χ4v) is 2.44. The van der Waals surface area contributed by atoms with Crippen molar-refractivity contribution >= 4 is 5.69 Å². The summed E-state index contributed by atoms with van der Waals surface area (Å²) in [6.07, 6.45) is 0.534. The van der Waals surface area contributed by atoms with Gasteiger partial charge in [0, 0.05) is 24.3 Å². The molecule has 1 fully saturated rings. The molecular formula is C14H20FNO. The molecule has 1 unspecified atom stereocenters. The first kappa shape index (κ1) is 12.4. The van der Waals surface area contributed by atoms with Crippen LogP contribution < -0.4 is 4.90 Å². The second-order valence-electron chi connectivity index (χ2n) is 5.18. The summed E-state index contributed by atoms with van der Waals surface area (Å²) in [6.45, 7) is 7.66. The summed E-state index contributed by atoms with van der Waals surface area (Å²) >= 11 is 0. The molecule has 0 bridgehead atoms. The average Bonchev–Trinajstić information content (AvgIpc) is 2.68. The van der Waals surface area contributed by atoms with Gasteiger partial charge in [-0.25, -0.2) is 4.39 Å². The fraction of sp³-hybridized carbons (Fsp3) is 0.571. The zero-order valence-electron chi connectivity index (χ0n) is 10.7. The van der Waals surface area contributed by atoms with Crippen molar-refractivity contribution in [2.75, 3.05) is 18.0 Å². The Kier molecular flexibility index (Phi) is 3.38. The number of hydrogen-bond donors (Lipinski definition) is 1. The molecule has 2 nitrogen and oxygen atoms in total. The first-order valence-electron chi connectivity index (χ1n) is 6.22. The number of benzene rings is 1. The molecule has 1 aliphatic rings. The van der Waals surface area contributed by atoms with Crippen molar-refractivity contribution in [3.63, 3.8) is 0 Å². The smallest absolute Gasteiger partial charge is 0.126 e. The van der Waals surface area contributed by atoms with Gasteiger partial charge in [0.2, 0.25) is 0 Å². The minimum Gasteiger partial charge on any atom is -0.389 e. The lowest BCUT2D eigenvalue weighted by Gasteiger charge is -2.24. The Morgan fingerprint density at radius 3 is 2.71 bits per heavy atom. The van der Waals surface area contributed by atoms with Gasteiger partial charge in [-0.3, -0.25) is 0 Å². The normalized spacial score (nSPS) is 21.9. The van der Waals surface area contributed by atoms with Crippen LogP contribution in [-0.2, 0) is 0 Å². The van der Waals surface area contributed by atoms with E-state index in [1.54, 1.807) is 13.8 Å². The number of rotatable bonds is 2. The first-order chi connectivity index (χ1) is 7.99. The summed E-state index contributed by atoms with van der Waals surface area (Å²) in [5, 5.41) is 9.75. The Hall–Kier alpha value is -1.09. The van der Waals surface area contributed by atoms with Gasteiger partial charge in [-0.15, -0.1) is 0 Å². The lowest BCUT2D eigenvalue weighted by molar-refractivity contribution is 0.199. The minimum absolute atomic E-state index is 0.239. The van der Waals surface area contributed by atoms with E-state index >= 15 is 0 Å². The number of aliphatic hydroxyl groups excluding tert-OH is 1. The maximum absolute atomic E-state index is 13.6. The van der Waals surface area contributed by atoms with E-state index in [0.717, 1.165) is 25.2 Å². The van der Waals surface area contributed by atoms with E-state index in [-0.39, 0.29) is 5.82 Å². The maximum atomic E-state index is 13.6. The van der Waals surface area contributed by atoms with Crippen molar-refractivity contribution in [3.05, 3.63) is 29.1 Å². The summed E-state index contributed by atoms with van der Waals surface area (Å²) in [6, 6.07) is 3.33. The van der Waals surface area contributed by atoms with Gasteiger partial charge in [-0.05, 0) is 43.9 Å². The molecule has 17 heavy (non-hydrogen) atoms. The summed E-state index contributed by atoms with van der Waals surface area (Å²) in [4.78, 5) is 2.25. The molecule has 3 heteroatoms. The van der Waals surface area contributed by atoms with E-state index in [4.69, 9.17) is 0 Å². The molecular weight excluding hydrogens is 217 g/mol. The summed E-state index contributed by atoms with van der Waals surface area (Å²) in [5.41, 5.74) is 2.33. The molecule has 0 aromatic heterocycles. The van der Waals surface area contributed by atoms with Crippen LogP contribution in [0.25, 0.3) is 0 Å². The molecule has 94 valence electrons. The van der Waals surface area contributed by atoms with E-state index in [9.17, 15) is 9.50 Å². The van der Waals surface area contributed by atoms with Crippen molar-refractivity contribution in [1.29, 1.82) is 0 Å². The van der Waals surface area contributed by atoms with Crippen molar-refractivity contribution in [2.24, 2.45) is 5.92 Å². The second-order valence-corrected chi connectivity index (χ2v) is 5.18. The largest absolute Gasteiger partial charge is 0.389 e. The molecule has 2 atom stereocenters. The minimum atomic E-state index is -0.629. The van der Waals surface area contributed by atoms with Gasteiger partial charge < -0.3 is 10.0 Å². The molecule has 0 saturated carbocycles. The van der Waals surface area contributed by atoms with Gasteiger partial charge in [-0.1, -0.05) is 6.92 Å². The Morgan fingerprint density at radius 1 is 1.47 bits per heavy atom. The number of anilines is 1. The quantitative estimate of drug-likeness (QED) is 0.854. The molecule has 1 aromatic rings. The molecule has 1 aromatic carbocycles. The highest BCUT2D eigenvalue weighted by molar-refractivity contribution is 5.57. The zero-order chi connectivity index (χ0) is 12.6.